The molecule has 124 valence electrons. The number of nitriles is 1. The van der Waals surface area contributed by atoms with E-state index < -0.39 is 11.7 Å². The lowest BCUT2D eigenvalue weighted by molar-refractivity contribution is -0.137. The van der Waals surface area contributed by atoms with Gasteiger partial charge in [0.2, 0.25) is 0 Å². The van der Waals surface area contributed by atoms with Crippen LogP contribution in [-0.2, 0) is 12.7 Å². The molecule has 0 bridgehead atoms. The third-order valence-corrected chi connectivity index (χ3v) is 4.05. The van der Waals surface area contributed by atoms with E-state index in [0.29, 0.717) is 22.3 Å². The number of nitrogens with zero attached hydrogens (tertiary/aromatic N) is 5. The van der Waals surface area contributed by atoms with Crippen LogP contribution in [0.2, 0.25) is 0 Å². The molecule has 0 spiro atoms. The van der Waals surface area contributed by atoms with E-state index in [2.05, 4.69) is 15.1 Å². The fourth-order valence-electron chi connectivity index (χ4n) is 2.84. The van der Waals surface area contributed by atoms with Crippen LogP contribution >= 0.6 is 0 Å². The third kappa shape index (κ3) is 2.22. The molecule has 1 aliphatic rings. The first-order chi connectivity index (χ1) is 11.9. The summed E-state index contributed by atoms with van der Waals surface area (Å²) < 4.78 is 40.9. The summed E-state index contributed by atoms with van der Waals surface area (Å²) in [6.07, 6.45) is -0.267. The molecule has 0 unspecified atom stereocenters. The molecule has 4 rings (SSSR count). The molecule has 0 fully saturated rings. The van der Waals surface area contributed by atoms with Crippen molar-refractivity contribution in [2.45, 2.75) is 12.7 Å². The number of halogens is 3. The summed E-state index contributed by atoms with van der Waals surface area (Å²) in [6, 6.07) is 4.05. The quantitative estimate of drug-likeness (QED) is 0.736. The first-order valence-electron chi connectivity index (χ1n) is 7.17. The van der Waals surface area contributed by atoms with Crippen LogP contribution in [0.25, 0.3) is 16.8 Å². The molecular weight excluding hydrogens is 333 g/mol. The highest BCUT2D eigenvalue weighted by Crippen LogP contribution is 2.38. The minimum absolute atomic E-state index is 0.0797. The molecule has 0 radical (unpaired) electrons. The predicted molar refractivity (Wildman–Crippen MR) is 83.9 cm³/mol. The van der Waals surface area contributed by atoms with Crippen molar-refractivity contribution in [2.75, 3.05) is 5.73 Å². The maximum atomic E-state index is 13.2. The second-order valence-electron chi connectivity index (χ2n) is 5.53. The Bertz CT molecular complexity index is 1090. The molecule has 2 aromatic heterocycles. The van der Waals surface area contributed by atoms with Crippen molar-refractivity contribution in [2.24, 2.45) is 4.99 Å². The van der Waals surface area contributed by atoms with E-state index >= 15 is 0 Å². The molecule has 0 amide bonds. The van der Waals surface area contributed by atoms with Crippen LogP contribution in [0.5, 0.6) is 0 Å². The van der Waals surface area contributed by atoms with E-state index in [1.54, 1.807) is 6.21 Å². The number of nitrogens with two attached hydrogens (primary N) is 1. The Labute approximate surface area is 139 Å². The highest BCUT2D eigenvalue weighted by molar-refractivity contribution is 5.97. The Morgan fingerprint density at radius 3 is 2.72 bits per heavy atom. The molecule has 2 N–H and O–H groups in total. The topological polar surface area (TPSA) is 92.4 Å². The second-order valence-corrected chi connectivity index (χ2v) is 5.53. The molecule has 0 atom stereocenters. The van der Waals surface area contributed by atoms with Crippen LogP contribution in [0, 0.1) is 11.3 Å². The standard InChI is InChI=1S/C16H9F3N6/c17-16(18,19)10-1-8-4-22-6-12(8)11(2-10)13-7-24-25-14(21)9(3-20)5-23-15(13)25/h1-2,5-7H,4,21H2. The minimum atomic E-state index is -4.48. The number of aromatic nitrogens is 3. The first kappa shape index (κ1) is 15.1. The predicted octanol–water partition coefficient (Wildman–Crippen LogP) is 2.80. The van der Waals surface area contributed by atoms with E-state index in [1.807, 2.05) is 6.07 Å². The zero-order valence-corrected chi connectivity index (χ0v) is 12.5. The summed E-state index contributed by atoms with van der Waals surface area (Å²) in [4.78, 5) is 8.20. The van der Waals surface area contributed by atoms with Crippen LogP contribution in [0.3, 0.4) is 0 Å². The minimum Gasteiger partial charge on any atom is -0.382 e. The van der Waals surface area contributed by atoms with Crippen LogP contribution in [-0.4, -0.2) is 20.8 Å². The largest absolute Gasteiger partial charge is 0.416 e. The summed E-state index contributed by atoms with van der Waals surface area (Å²) in [7, 11) is 0. The maximum Gasteiger partial charge on any atom is 0.416 e. The lowest BCUT2D eigenvalue weighted by Crippen LogP contribution is -2.07. The lowest BCUT2D eigenvalue weighted by Gasteiger charge is -2.12. The van der Waals surface area contributed by atoms with Gasteiger partial charge in [-0.3, -0.25) is 4.99 Å². The Kier molecular flexibility index (Phi) is 3.05. The SMILES string of the molecule is N#Cc1cnc2c(-c3cc(C(F)(F)F)cc4c3C=NC4)cnn2c1N. The Morgan fingerprint density at radius 1 is 1.20 bits per heavy atom. The summed E-state index contributed by atoms with van der Waals surface area (Å²) in [6.45, 7) is 0.194. The highest BCUT2D eigenvalue weighted by Gasteiger charge is 2.33. The molecule has 25 heavy (non-hydrogen) atoms. The third-order valence-electron chi connectivity index (χ3n) is 4.05. The summed E-state index contributed by atoms with van der Waals surface area (Å²) >= 11 is 0. The number of aliphatic imine (C=N–C) groups is 1. The average molecular weight is 342 g/mol. The average Bonchev–Trinajstić information content (AvgIpc) is 3.20. The van der Waals surface area contributed by atoms with Crippen molar-refractivity contribution in [3.8, 4) is 17.2 Å². The maximum absolute atomic E-state index is 13.2. The highest BCUT2D eigenvalue weighted by atomic mass is 19.4. The van der Waals surface area contributed by atoms with Gasteiger partial charge in [0.15, 0.2) is 5.65 Å². The number of fused-ring (bicyclic) bond motifs is 2. The number of rotatable bonds is 1. The molecule has 1 aromatic carbocycles. The summed E-state index contributed by atoms with van der Waals surface area (Å²) in [5.41, 5.74) is 7.34. The van der Waals surface area contributed by atoms with Gasteiger partial charge in [-0.1, -0.05) is 0 Å². The van der Waals surface area contributed by atoms with Gasteiger partial charge in [0.1, 0.15) is 17.5 Å². The molecule has 0 aliphatic carbocycles. The normalized spacial score (nSPS) is 13.2. The zero-order chi connectivity index (χ0) is 17.8. The van der Waals surface area contributed by atoms with Crippen molar-refractivity contribution in [3.63, 3.8) is 0 Å². The zero-order valence-electron chi connectivity index (χ0n) is 12.5. The Hall–Kier alpha value is -3.41. The number of benzene rings is 1. The van der Waals surface area contributed by atoms with E-state index in [-0.39, 0.29) is 23.6 Å². The molecule has 6 nitrogen and oxygen atoms in total. The van der Waals surface area contributed by atoms with Crippen LogP contribution < -0.4 is 5.73 Å². The van der Waals surface area contributed by atoms with Gasteiger partial charge in [-0.05, 0) is 23.3 Å². The summed E-state index contributed by atoms with van der Waals surface area (Å²) in [5.74, 6) is 0.0797. The van der Waals surface area contributed by atoms with Crippen molar-refractivity contribution >= 4 is 17.7 Å². The van der Waals surface area contributed by atoms with E-state index in [4.69, 9.17) is 11.0 Å². The number of hydrogen-bond donors (Lipinski definition) is 1. The number of hydrogen-bond acceptors (Lipinski definition) is 5. The first-order valence-corrected chi connectivity index (χ1v) is 7.17. The van der Waals surface area contributed by atoms with Gasteiger partial charge >= 0.3 is 6.18 Å². The van der Waals surface area contributed by atoms with Gasteiger partial charge in [-0.2, -0.15) is 28.0 Å². The van der Waals surface area contributed by atoms with E-state index in [1.165, 1.54) is 16.9 Å². The van der Waals surface area contributed by atoms with E-state index in [9.17, 15) is 13.2 Å². The molecule has 3 aromatic rings. The fraction of sp³-hybridized carbons (Fsp3) is 0.125. The number of anilines is 1. The van der Waals surface area contributed by atoms with E-state index in [0.717, 1.165) is 12.1 Å². The Balaban J connectivity index is 2.01. The molecule has 0 saturated carbocycles. The van der Waals surface area contributed by atoms with Crippen LogP contribution in [0.4, 0.5) is 19.0 Å². The summed E-state index contributed by atoms with van der Waals surface area (Å²) in [5, 5.41) is 13.1. The number of alkyl halides is 3. The molecule has 9 heteroatoms. The van der Waals surface area contributed by atoms with Crippen molar-refractivity contribution in [1.82, 2.24) is 14.6 Å². The van der Waals surface area contributed by atoms with Gasteiger partial charge in [-0.15, -0.1) is 0 Å². The van der Waals surface area contributed by atoms with Crippen molar-refractivity contribution < 1.29 is 13.2 Å². The van der Waals surface area contributed by atoms with Crippen LogP contribution in [0.15, 0.2) is 29.5 Å². The van der Waals surface area contributed by atoms with Crippen molar-refractivity contribution in [3.05, 3.63) is 46.8 Å². The monoisotopic (exact) mass is 342 g/mol. The fourth-order valence-corrected chi connectivity index (χ4v) is 2.84. The smallest absolute Gasteiger partial charge is 0.382 e. The van der Waals surface area contributed by atoms with Crippen LogP contribution in [0.1, 0.15) is 22.3 Å². The second kappa shape index (κ2) is 5.04. The van der Waals surface area contributed by atoms with Gasteiger partial charge in [0, 0.05) is 17.3 Å². The molecule has 1 aliphatic heterocycles. The number of nitrogen functional groups attached to an aromatic ring is 1. The molecule has 3 heterocycles. The van der Waals surface area contributed by atoms with Crippen molar-refractivity contribution in [1.29, 1.82) is 5.26 Å². The molecule has 0 saturated heterocycles. The van der Waals surface area contributed by atoms with Gasteiger partial charge < -0.3 is 5.73 Å². The lowest BCUT2D eigenvalue weighted by atomic mass is 9.95. The van der Waals surface area contributed by atoms with Gasteiger partial charge in [0.05, 0.1) is 24.5 Å². The Morgan fingerprint density at radius 2 is 2.00 bits per heavy atom. The van der Waals surface area contributed by atoms with Gasteiger partial charge in [-0.25, -0.2) is 4.98 Å². The molecular formula is C16H9F3N6. The van der Waals surface area contributed by atoms with Gasteiger partial charge in [0.25, 0.3) is 0 Å².